The number of carbonyl (C=O) groups excluding carboxylic acids is 2. The Morgan fingerprint density at radius 2 is 1.83 bits per heavy atom. The van der Waals surface area contributed by atoms with Crippen LogP contribution >= 0.6 is 11.6 Å². The number of carbonyl (C=O) groups is 2. The average Bonchev–Trinajstić information content (AvgIpc) is 2.71. The van der Waals surface area contributed by atoms with Gasteiger partial charge >= 0.3 is 5.97 Å². The molecule has 2 rings (SSSR count). The van der Waals surface area contributed by atoms with Gasteiger partial charge in [0, 0.05) is 6.54 Å². The van der Waals surface area contributed by atoms with Gasteiger partial charge in [-0.15, -0.1) is 0 Å². The molecular weight excluding hydrogens is 420 g/mol. The number of hydrogen-bond acceptors (Lipinski definition) is 6. The third kappa shape index (κ3) is 5.26. The van der Waals surface area contributed by atoms with Crippen LogP contribution in [0, 0.1) is 0 Å². The van der Waals surface area contributed by atoms with E-state index in [1.54, 1.807) is 19.1 Å². The first-order valence-electron chi connectivity index (χ1n) is 8.55. The Morgan fingerprint density at radius 1 is 1.14 bits per heavy atom. The van der Waals surface area contributed by atoms with Crippen molar-refractivity contribution in [1.82, 2.24) is 4.31 Å². The van der Waals surface area contributed by atoms with E-state index in [1.165, 1.54) is 44.6 Å². The number of amides is 1. The molecule has 1 amide bonds. The van der Waals surface area contributed by atoms with Gasteiger partial charge in [0.05, 0.1) is 41.9 Å². The number of likely N-dealkylation sites (N-methyl/N-ethyl adjacent to an activating group) is 1. The fourth-order valence-corrected chi connectivity index (χ4v) is 4.31. The highest BCUT2D eigenvalue weighted by Gasteiger charge is 2.26. The summed E-state index contributed by atoms with van der Waals surface area (Å²) in [5, 5.41) is 2.69. The summed E-state index contributed by atoms with van der Waals surface area (Å²) in [4.78, 5) is 24.2. The lowest BCUT2D eigenvalue weighted by atomic mass is 10.2. The summed E-state index contributed by atoms with van der Waals surface area (Å²) >= 11 is 6.03. The number of halogens is 1. The Bertz CT molecular complexity index is 1010. The maximum Gasteiger partial charge on any atom is 0.339 e. The number of esters is 1. The number of anilines is 1. The summed E-state index contributed by atoms with van der Waals surface area (Å²) in [5.74, 6) is -0.883. The lowest BCUT2D eigenvalue weighted by Crippen LogP contribution is -2.38. The molecule has 10 heteroatoms. The normalized spacial score (nSPS) is 11.2. The molecule has 0 atom stereocenters. The summed E-state index contributed by atoms with van der Waals surface area (Å²) in [6.07, 6.45) is 0. The van der Waals surface area contributed by atoms with Crippen LogP contribution in [0.3, 0.4) is 0 Å². The maximum atomic E-state index is 12.9. The zero-order chi connectivity index (χ0) is 21.6. The van der Waals surface area contributed by atoms with E-state index in [-0.39, 0.29) is 27.7 Å². The molecule has 0 heterocycles. The summed E-state index contributed by atoms with van der Waals surface area (Å²) < 4.78 is 36.5. The van der Waals surface area contributed by atoms with Gasteiger partial charge in [0.25, 0.3) is 0 Å². The molecule has 0 bridgehead atoms. The van der Waals surface area contributed by atoms with Gasteiger partial charge in [-0.2, -0.15) is 4.31 Å². The fraction of sp³-hybridized carbons (Fsp3) is 0.263. The van der Waals surface area contributed by atoms with Crippen LogP contribution in [0.1, 0.15) is 17.3 Å². The third-order valence-corrected chi connectivity index (χ3v) is 6.25. The second kappa shape index (κ2) is 9.73. The Hall–Kier alpha value is -2.62. The zero-order valence-electron chi connectivity index (χ0n) is 16.1. The summed E-state index contributed by atoms with van der Waals surface area (Å²) in [7, 11) is -1.33. The van der Waals surface area contributed by atoms with Crippen LogP contribution in [-0.2, 0) is 19.6 Å². The van der Waals surface area contributed by atoms with Crippen LogP contribution in [0.15, 0.2) is 47.4 Å². The lowest BCUT2D eigenvalue weighted by molar-refractivity contribution is -0.116. The van der Waals surface area contributed by atoms with Gasteiger partial charge in [-0.05, 0) is 30.3 Å². The number of methoxy groups -OCH3 is 2. The monoisotopic (exact) mass is 440 g/mol. The van der Waals surface area contributed by atoms with Crippen LogP contribution in [0.4, 0.5) is 5.69 Å². The van der Waals surface area contributed by atoms with Crippen molar-refractivity contribution < 1.29 is 27.5 Å². The Balaban J connectivity index is 2.22. The predicted octanol–water partition coefficient (Wildman–Crippen LogP) is 2.78. The van der Waals surface area contributed by atoms with Gasteiger partial charge in [0.1, 0.15) is 5.75 Å². The Morgan fingerprint density at radius 3 is 2.41 bits per heavy atom. The molecule has 0 radical (unpaired) electrons. The van der Waals surface area contributed by atoms with Crippen molar-refractivity contribution in [2.24, 2.45) is 0 Å². The molecule has 0 aliphatic carbocycles. The largest absolute Gasteiger partial charge is 0.495 e. The molecule has 156 valence electrons. The molecule has 2 aromatic rings. The van der Waals surface area contributed by atoms with E-state index in [1.807, 2.05) is 0 Å². The third-order valence-electron chi connectivity index (χ3n) is 4.04. The first-order chi connectivity index (χ1) is 13.7. The smallest absolute Gasteiger partial charge is 0.339 e. The molecule has 0 saturated carbocycles. The quantitative estimate of drug-likeness (QED) is 0.633. The van der Waals surface area contributed by atoms with Crippen molar-refractivity contribution >= 4 is 39.2 Å². The van der Waals surface area contributed by atoms with Gasteiger partial charge in [0.2, 0.25) is 15.9 Å². The minimum atomic E-state index is -3.98. The summed E-state index contributed by atoms with van der Waals surface area (Å²) in [6, 6.07) is 10.3. The molecule has 0 unspecified atom stereocenters. The summed E-state index contributed by atoms with van der Waals surface area (Å²) in [5.41, 5.74) is 0.390. The van der Waals surface area contributed by atoms with Crippen LogP contribution in [-0.4, -0.2) is 51.9 Å². The van der Waals surface area contributed by atoms with E-state index in [4.69, 9.17) is 16.3 Å². The van der Waals surface area contributed by atoms with Gasteiger partial charge < -0.3 is 14.8 Å². The number of sulfonamides is 1. The van der Waals surface area contributed by atoms with Crippen LogP contribution in [0.2, 0.25) is 5.02 Å². The Labute approximate surface area is 174 Å². The van der Waals surface area contributed by atoms with Gasteiger partial charge in [-0.25, -0.2) is 13.2 Å². The topological polar surface area (TPSA) is 102 Å². The summed E-state index contributed by atoms with van der Waals surface area (Å²) in [6.45, 7) is 1.22. The molecular formula is C19H21ClN2O6S. The molecule has 0 fully saturated rings. The van der Waals surface area contributed by atoms with Gasteiger partial charge in [-0.3, -0.25) is 4.79 Å². The van der Waals surface area contributed by atoms with Crippen LogP contribution < -0.4 is 10.1 Å². The SMILES string of the molecule is CCN(CC(=O)Nc1ccccc1C(=O)OC)S(=O)(=O)c1ccc(OC)c(Cl)c1. The van der Waals surface area contributed by atoms with Crippen molar-refractivity contribution in [3.63, 3.8) is 0 Å². The molecule has 0 saturated heterocycles. The van der Waals surface area contributed by atoms with Crippen molar-refractivity contribution in [1.29, 1.82) is 0 Å². The maximum absolute atomic E-state index is 12.9. The standard InChI is InChI=1S/C19H21ClN2O6S/c1-4-22(29(25,26)13-9-10-17(27-2)15(20)11-13)12-18(23)21-16-8-6-5-7-14(16)19(24)28-3/h5-11H,4,12H2,1-3H3,(H,21,23). The highest BCUT2D eigenvalue weighted by molar-refractivity contribution is 7.89. The Kier molecular flexibility index (Phi) is 7.60. The van der Waals surface area contributed by atoms with E-state index < -0.39 is 28.4 Å². The number of para-hydroxylation sites is 1. The highest BCUT2D eigenvalue weighted by atomic mass is 35.5. The molecule has 1 N–H and O–H groups in total. The zero-order valence-corrected chi connectivity index (χ0v) is 17.7. The molecule has 29 heavy (non-hydrogen) atoms. The minimum absolute atomic E-state index is 0.0536. The number of benzene rings is 2. The van der Waals surface area contributed by atoms with E-state index in [9.17, 15) is 18.0 Å². The number of hydrogen-bond donors (Lipinski definition) is 1. The minimum Gasteiger partial charge on any atom is -0.495 e. The second-order valence-electron chi connectivity index (χ2n) is 5.81. The number of rotatable bonds is 8. The van der Waals surface area contributed by atoms with E-state index >= 15 is 0 Å². The molecule has 8 nitrogen and oxygen atoms in total. The van der Waals surface area contributed by atoms with Gasteiger partial charge in [-0.1, -0.05) is 30.7 Å². The van der Waals surface area contributed by atoms with Crippen molar-refractivity contribution in [2.75, 3.05) is 32.6 Å². The number of ether oxygens (including phenoxy) is 2. The molecule has 0 aromatic heterocycles. The van der Waals surface area contributed by atoms with E-state index in [2.05, 4.69) is 10.1 Å². The lowest BCUT2D eigenvalue weighted by Gasteiger charge is -2.20. The van der Waals surface area contributed by atoms with Crippen LogP contribution in [0.25, 0.3) is 0 Å². The molecule has 0 spiro atoms. The fourth-order valence-electron chi connectivity index (χ4n) is 2.55. The van der Waals surface area contributed by atoms with Crippen molar-refractivity contribution in [3.8, 4) is 5.75 Å². The van der Waals surface area contributed by atoms with E-state index in [0.717, 1.165) is 4.31 Å². The first kappa shape index (κ1) is 22.7. The highest BCUT2D eigenvalue weighted by Crippen LogP contribution is 2.28. The first-order valence-corrected chi connectivity index (χ1v) is 10.4. The molecule has 0 aliphatic rings. The van der Waals surface area contributed by atoms with E-state index in [0.29, 0.717) is 5.75 Å². The molecule has 2 aromatic carbocycles. The molecule has 0 aliphatic heterocycles. The van der Waals surface area contributed by atoms with Crippen molar-refractivity contribution in [2.45, 2.75) is 11.8 Å². The van der Waals surface area contributed by atoms with Crippen molar-refractivity contribution in [3.05, 3.63) is 53.1 Å². The average molecular weight is 441 g/mol. The second-order valence-corrected chi connectivity index (χ2v) is 8.16. The van der Waals surface area contributed by atoms with Gasteiger partial charge in [0.15, 0.2) is 0 Å². The number of nitrogens with zero attached hydrogens (tertiary/aromatic N) is 1. The van der Waals surface area contributed by atoms with Crippen LogP contribution in [0.5, 0.6) is 5.75 Å². The number of nitrogens with one attached hydrogen (secondary N) is 1. The predicted molar refractivity (Wildman–Crippen MR) is 109 cm³/mol.